The molecular weight excluding hydrogens is 464 g/mol. The molecule has 0 bridgehead atoms. The molecule has 3 rings (SSSR count). The summed E-state index contributed by atoms with van der Waals surface area (Å²) in [5, 5.41) is 2.96. The lowest BCUT2D eigenvalue weighted by molar-refractivity contribution is -0.139. The number of halogens is 2. The van der Waals surface area contributed by atoms with Gasteiger partial charge >= 0.3 is 0 Å². The monoisotopic (exact) mass is 493 g/mol. The van der Waals surface area contributed by atoms with E-state index >= 15 is 0 Å². The Kier molecular flexibility index (Phi) is 8.24. The van der Waals surface area contributed by atoms with Crippen molar-refractivity contribution in [1.82, 2.24) is 10.2 Å². The molecule has 7 nitrogen and oxygen atoms in total. The predicted octanol–water partition coefficient (Wildman–Crippen LogP) is 3.21. The lowest BCUT2D eigenvalue weighted by Gasteiger charge is -2.32. The van der Waals surface area contributed by atoms with E-state index < -0.39 is 40.2 Å². The lowest BCUT2D eigenvalue weighted by atomic mass is 10.1. The molecule has 1 fully saturated rings. The summed E-state index contributed by atoms with van der Waals surface area (Å²) < 4.78 is 52.5. The molecular formula is C24H29F2N3O4S. The van der Waals surface area contributed by atoms with Crippen LogP contribution in [0.1, 0.15) is 38.2 Å². The number of amides is 2. The van der Waals surface area contributed by atoms with Crippen molar-refractivity contribution in [2.45, 2.75) is 51.2 Å². The molecule has 2 amide bonds. The number of carbonyl (C=O) groups excluding carboxylic acids is 2. The number of anilines is 1. The zero-order chi connectivity index (χ0) is 24.9. The molecule has 1 aliphatic carbocycles. The largest absolute Gasteiger partial charge is 0.352 e. The number of nitrogens with one attached hydrogen (secondary N) is 1. The lowest BCUT2D eigenvalue weighted by Crippen LogP contribution is -2.52. The number of rotatable bonds is 9. The maximum Gasteiger partial charge on any atom is 0.244 e. The van der Waals surface area contributed by atoms with Crippen LogP contribution in [0.15, 0.2) is 48.5 Å². The normalized spacial score (nSPS) is 15.1. The van der Waals surface area contributed by atoms with Crippen molar-refractivity contribution in [3.05, 3.63) is 65.7 Å². The molecule has 1 saturated carbocycles. The molecule has 1 aliphatic rings. The van der Waals surface area contributed by atoms with Crippen LogP contribution < -0.4 is 9.62 Å². The Morgan fingerprint density at radius 2 is 1.53 bits per heavy atom. The van der Waals surface area contributed by atoms with E-state index in [2.05, 4.69) is 5.32 Å². The summed E-state index contributed by atoms with van der Waals surface area (Å²) in [7, 11) is -3.89. The van der Waals surface area contributed by atoms with Crippen molar-refractivity contribution in [2.75, 3.05) is 17.1 Å². The summed E-state index contributed by atoms with van der Waals surface area (Å²) in [6.45, 7) is 0.987. The van der Waals surface area contributed by atoms with Crippen LogP contribution in [0.25, 0.3) is 0 Å². The Hall–Kier alpha value is -3.01. The molecule has 10 heteroatoms. The topological polar surface area (TPSA) is 86.8 Å². The van der Waals surface area contributed by atoms with Gasteiger partial charge in [0, 0.05) is 12.6 Å². The molecule has 0 unspecified atom stereocenters. The Labute approximate surface area is 198 Å². The van der Waals surface area contributed by atoms with Crippen molar-refractivity contribution in [3.63, 3.8) is 0 Å². The van der Waals surface area contributed by atoms with Crippen LogP contribution in [0.4, 0.5) is 14.5 Å². The van der Waals surface area contributed by atoms with Gasteiger partial charge in [-0.3, -0.25) is 13.9 Å². The van der Waals surface area contributed by atoms with Crippen LogP contribution in [0.3, 0.4) is 0 Å². The Bertz CT molecular complexity index is 1100. The number of hydrogen-bond donors (Lipinski definition) is 1. The predicted molar refractivity (Wildman–Crippen MR) is 125 cm³/mol. The van der Waals surface area contributed by atoms with E-state index in [0.717, 1.165) is 48.4 Å². The van der Waals surface area contributed by atoms with Gasteiger partial charge in [-0.05, 0) is 61.7 Å². The van der Waals surface area contributed by atoms with Gasteiger partial charge in [0.15, 0.2) is 0 Å². The number of nitrogens with zero attached hydrogens (tertiary/aromatic N) is 2. The van der Waals surface area contributed by atoms with E-state index in [1.165, 1.54) is 41.3 Å². The zero-order valence-corrected chi connectivity index (χ0v) is 20.0. The van der Waals surface area contributed by atoms with Crippen LogP contribution in [0.5, 0.6) is 0 Å². The first-order chi connectivity index (χ1) is 16.0. The fourth-order valence-electron chi connectivity index (χ4n) is 3.98. The number of benzene rings is 2. The molecule has 0 saturated heterocycles. The smallest absolute Gasteiger partial charge is 0.244 e. The second-order valence-electron chi connectivity index (χ2n) is 8.56. The van der Waals surface area contributed by atoms with Gasteiger partial charge in [-0.25, -0.2) is 17.2 Å². The third kappa shape index (κ3) is 6.75. The van der Waals surface area contributed by atoms with Crippen LogP contribution in [0.2, 0.25) is 0 Å². The summed E-state index contributed by atoms with van der Waals surface area (Å²) in [6, 6.07) is 9.41. The van der Waals surface area contributed by atoms with E-state index in [0.29, 0.717) is 5.56 Å². The highest BCUT2D eigenvalue weighted by molar-refractivity contribution is 7.92. The summed E-state index contributed by atoms with van der Waals surface area (Å²) in [5.74, 6) is -1.94. The standard InChI is InChI=1S/C24H29F2N3O4S/c1-17(24(31)27-21-5-3-4-6-21)28(15-18-7-9-19(25)10-8-18)23(30)16-29(34(2,32)33)22-13-11-20(26)12-14-22/h7-14,17,21H,3-6,15-16H2,1-2H3,(H,27,31)/t17-/m0/s1. The highest BCUT2D eigenvalue weighted by Gasteiger charge is 2.31. The van der Waals surface area contributed by atoms with E-state index in [9.17, 15) is 26.8 Å². The maximum absolute atomic E-state index is 13.4. The van der Waals surface area contributed by atoms with Crippen LogP contribution in [-0.4, -0.2) is 50.0 Å². The third-order valence-corrected chi connectivity index (χ3v) is 7.07. The molecule has 0 spiro atoms. The highest BCUT2D eigenvalue weighted by Crippen LogP contribution is 2.21. The summed E-state index contributed by atoms with van der Waals surface area (Å²) >= 11 is 0. The SMILES string of the molecule is C[C@@H](C(=O)NC1CCCC1)N(Cc1ccc(F)cc1)C(=O)CN(c1ccc(F)cc1)S(C)(=O)=O. The molecule has 0 aliphatic heterocycles. The summed E-state index contributed by atoms with van der Waals surface area (Å²) in [4.78, 5) is 27.6. The van der Waals surface area contributed by atoms with Crippen molar-refractivity contribution in [2.24, 2.45) is 0 Å². The minimum absolute atomic E-state index is 0.0145. The van der Waals surface area contributed by atoms with Gasteiger partial charge < -0.3 is 10.2 Å². The third-order valence-electron chi connectivity index (χ3n) is 5.93. The number of hydrogen-bond acceptors (Lipinski definition) is 4. The van der Waals surface area contributed by atoms with Crippen molar-refractivity contribution in [3.8, 4) is 0 Å². The van der Waals surface area contributed by atoms with Crippen LogP contribution in [-0.2, 0) is 26.2 Å². The quantitative estimate of drug-likeness (QED) is 0.581. The van der Waals surface area contributed by atoms with Gasteiger partial charge in [-0.15, -0.1) is 0 Å². The Balaban J connectivity index is 1.86. The fourth-order valence-corrected chi connectivity index (χ4v) is 4.83. The maximum atomic E-state index is 13.4. The molecule has 1 N–H and O–H groups in total. The van der Waals surface area contributed by atoms with Gasteiger partial charge in [0.2, 0.25) is 21.8 Å². The van der Waals surface area contributed by atoms with Gasteiger partial charge in [0.1, 0.15) is 24.2 Å². The van der Waals surface area contributed by atoms with Gasteiger partial charge in [-0.2, -0.15) is 0 Å². The van der Waals surface area contributed by atoms with E-state index in [1.54, 1.807) is 6.92 Å². The summed E-state index contributed by atoms with van der Waals surface area (Å²) in [5.41, 5.74) is 0.713. The molecule has 0 aromatic heterocycles. The number of sulfonamides is 1. The molecule has 2 aromatic carbocycles. The fraction of sp³-hybridized carbons (Fsp3) is 0.417. The second-order valence-corrected chi connectivity index (χ2v) is 10.5. The van der Waals surface area contributed by atoms with Crippen LogP contribution in [0, 0.1) is 11.6 Å². The number of carbonyl (C=O) groups is 2. The second kappa shape index (κ2) is 10.9. The molecule has 1 atom stereocenters. The summed E-state index contributed by atoms with van der Waals surface area (Å²) in [6.07, 6.45) is 4.74. The van der Waals surface area contributed by atoms with Crippen molar-refractivity contribution < 1.29 is 26.8 Å². The first-order valence-electron chi connectivity index (χ1n) is 11.1. The highest BCUT2D eigenvalue weighted by atomic mass is 32.2. The minimum atomic E-state index is -3.89. The first-order valence-corrected chi connectivity index (χ1v) is 13.0. The zero-order valence-electron chi connectivity index (χ0n) is 19.2. The Morgan fingerprint density at radius 1 is 1.00 bits per heavy atom. The molecule has 2 aromatic rings. The van der Waals surface area contributed by atoms with Gasteiger partial charge in [0.05, 0.1) is 11.9 Å². The molecule has 34 heavy (non-hydrogen) atoms. The van der Waals surface area contributed by atoms with E-state index in [-0.39, 0.29) is 24.2 Å². The van der Waals surface area contributed by atoms with Crippen LogP contribution >= 0.6 is 0 Å². The Morgan fingerprint density at radius 3 is 2.06 bits per heavy atom. The van der Waals surface area contributed by atoms with Crippen molar-refractivity contribution >= 4 is 27.5 Å². The average Bonchev–Trinajstić information content (AvgIpc) is 3.29. The van der Waals surface area contributed by atoms with E-state index in [4.69, 9.17) is 0 Å². The van der Waals surface area contributed by atoms with Crippen molar-refractivity contribution in [1.29, 1.82) is 0 Å². The first kappa shape index (κ1) is 25.6. The van der Waals surface area contributed by atoms with Gasteiger partial charge in [0.25, 0.3) is 0 Å². The average molecular weight is 494 g/mol. The molecule has 184 valence electrons. The van der Waals surface area contributed by atoms with Gasteiger partial charge in [-0.1, -0.05) is 25.0 Å². The molecule has 0 radical (unpaired) electrons. The van der Waals surface area contributed by atoms with E-state index in [1.807, 2.05) is 0 Å². The molecule has 0 heterocycles. The minimum Gasteiger partial charge on any atom is -0.352 e.